The van der Waals surface area contributed by atoms with Crippen LogP contribution >= 0.6 is 0 Å². The van der Waals surface area contributed by atoms with Crippen LogP contribution in [0.15, 0.2) is 24.3 Å². The number of nitrogens with zero attached hydrogens (tertiary/aromatic N) is 1. The third kappa shape index (κ3) is 4.31. The maximum Gasteiger partial charge on any atom is 0.227 e. The Kier molecular flexibility index (Phi) is 5.37. The molecule has 1 aromatic carbocycles. The normalized spacial score (nSPS) is 18.1. The van der Waals surface area contributed by atoms with E-state index in [2.05, 4.69) is 12.2 Å². The third-order valence-corrected chi connectivity index (χ3v) is 3.90. The molecule has 0 unspecified atom stereocenters. The molecule has 4 nitrogen and oxygen atoms in total. The number of hydrogen-bond acceptors (Lipinski definition) is 2. The molecule has 1 aliphatic heterocycles. The molecule has 2 rings (SSSR count). The van der Waals surface area contributed by atoms with Gasteiger partial charge in [0.1, 0.15) is 0 Å². The lowest BCUT2D eigenvalue weighted by atomic mass is 10.1. The summed E-state index contributed by atoms with van der Waals surface area (Å²) in [6.07, 6.45) is 3.04. The molecule has 1 heterocycles. The second kappa shape index (κ2) is 7.25. The standard InChI is InChI=1S/C17H24N2O2/c1-3-4-5-16(20)18-11-14-10-17(21)19(12-14)15-8-6-13(2)7-9-15/h6-9,14H,3-5,10-12H2,1-2H3,(H,18,20)/t14-/m1/s1. The molecule has 0 aliphatic carbocycles. The summed E-state index contributed by atoms with van der Waals surface area (Å²) in [4.78, 5) is 25.5. The second-order valence-electron chi connectivity index (χ2n) is 5.82. The largest absolute Gasteiger partial charge is 0.356 e. The number of aryl methyl sites for hydroxylation is 1. The van der Waals surface area contributed by atoms with Gasteiger partial charge in [0, 0.05) is 37.5 Å². The predicted octanol–water partition coefficient (Wildman–Crippen LogP) is 2.65. The Balaban J connectivity index is 1.85. The molecule has 0 aromatic heterocycles. The van der Waals surface area contributed by atoms with E-state index in [0.29, 0.717) is 25.9 Å². The minimum Gasteiger partial charge on any atom is -0.356 e. The Morgan fingerprint density at radius 3 is 2.71 bits per heavy atom. The molecule has 114 valence electrons. The summed E-state index contributed by atoms with van der Waals surface area (Å²) in [6.45, 7) is 5.39. The van der Waals surface area contributed by atoms with Gasteiger partial charge in [0.15, 0.2) is 0 Å². The van der Waals surface area contributed by atoms with Crippen molar-refractivity contribution in [2.75, 3.05) is 18.0 Å². The molecule has 0 spiro atoms. The van der Waals surface area contributed by atoms with Crippen LogP contribution in [0.4, 0.5) is 5.69 Å². The first kappa shape index (κ1) is 15.5. The second-order valence-corrected chi connectivity index (χ2v) is 5.82. The highest BCUT2D eigenvalue weighted by Gasteiger charge is 2.30. The number of anilines is 1. The number of amides is 2. The Labute approximate surface area is 126 Å². The van der Waals surface area contributed by atoms with Gasteiger partial charge in [-0.05, 0) is 25.5 Å². The van der Waals surface area contributed by atoms with Crippen molar-refractivity contribution in [2.24, 2.45) is 5.92 Å². The number of carbonyl (C=O) groups is 2. The predicted molar refractivity (Wildman–Crippen MR) is 84.2 cm³/mol. The molecule has 1 saturated heterocycles. The van der Waals surface area contributed by atoms with Crippen LogP contribution in [0.1, 0.15) is 38.2 Å². The van der Waals surface area contributed by atoms with Crippen molar-refractivity contribution < 1.29 is 9.59 Å². The highest BCUT2D eigenvalue weighted by Crippen LogP contribution is 2.24. The number of benzene rings is 1. The van der Waals surface area contributed by atoms with Gasteiger partial charge in [-0.2, -0.15) is 0 Å². The topological polar surface area (TPSA) is 49.4 Å². The first-order valence-electron chi connectivity index (χ1n) is 7.74. The van der Waals surface area contributed by atoms with Gasteiger partial charge in [-0.15, -0.1) is 0 Å². The van der Waals surface area contributed by atoms with Gasteiger partial charge in [-0.25, -0.2) is 0 Å². The van der Waals surface area contributed by atoms with E-state index in [1.807, 2.05) is 36.1 Å². The van der Waals surface area contributed by atoms with E-state index in [1.165, 1.54) is 5.56 Å². The molecule has 1 fully saturated rings. The first-order valence-corrected chi connectivity index (χ1v) is 7.74. The number of hydrogen-bond donors (Lipinski definition) is 1. The molecule has 2 amide bonds. The zero-order valence-electron chi connectivity index (χ0n) is 12.9. The van der Waals surface area contributed by atoms with E-state index in [9.17, 15) is 9.59 Å². The molecule has 4 heteroatoms. The molecule has 1 aromatic rings. The summed E-state index contributed by atoms with van der Waals surface area (Å²) in [5.41, 5.74) is 2.13. The van der Waals surface area contributed by atoms with Gasteiger partial charge in [0.2, 0.25) is 11.8 Å². The van der Waals surface area contributed by atoms with Gasteiger partial charge in [-0.1, -0.05) is 31.0 Å². The van der Waals surface area contributed by atoms with Crippen molar-refractivity contribution in [3.8, 4) is 0 Å². The molecule has 1 N–H and O–H groups in total. The summed E-state index contributed by atoms with van der Waals surface area (Å²) >= 11 is 0. The molecular formula is C17H24N2O2. The quantitative estimate of drug-likeness (QED) is 0.875. The highest BCUT2D eigenvalue weighted by atomic mass is 16.2. The molecule has 0 saturated carbocycles. The number of unbranched alkanes of at least 4 members (excludes halogenated alkanes) is 1. The maximum atomic E-state index is 12.1. The summed E-state index contributed by atoms with van der Waals surface area (Å²) in [7, 11) is 0. The van der Waals surface area contributed by atoms with Crippen molar-refractivity contribution in [3.63, 3.8) is 0 Å². The third-order valence-electron chi connectivity index (χ3n) is 3.90. The van der Waals surface area contributed by atoms with E-state index in [4.69, 9.17) is 0 Å². The average Bonchev–Trinajstić information content (AvgIpc) is 2.85. The lowest BCUT2D eigenvalue weighted by Gasteiger charge is -2.17. The van der Waals surface area contributed by atoms with Crippen molar-refractivity contribution >= 4 is 17.5 Å². The van der Waals surface area contributed by atoms with Gasteiger partial charge >= 0.3 is 0 Å². The van der Waals surface area contributed by atoms with Crippen molar-refractivity contribution in [1.82, 2.24) is 5.32 Å². The van der Waals surface area contributed by atoms with Crippen molar-refractivity contribution in [1.29, 1.82) is 0 Å². The minimum absolute atomic E-state index is 0.0954. The fraction of sp³-hybridized carbons (Fsp3) is 0.529. The zero-order valence-corrected chi connectivity index (χ0v) is 12.9. The molecule has 1 aliphatic rings. The van der Waals surface area contributed by atoms with Crippen LogP contribution in [0.5, 0.6) is 0 Å². The monoisotopic (exact) mass is 288 g/mol. The van der Waals surface area contributed by atoms with Crippen molar-refractivity contribution in [3.05, 3.63) is 29.8 Å². The Hall–Kier alpha value is -1.84. The first-order chi connectivity index (χ1) is 10.1. The SMILES string of the molecule is CCCCC(=O)NC[C@H]1CC(=O)N(c2ccc(C)cc2)C1. The van der Waals surface area contributed by atoms with Crippen LogP contribution in [-0.2, 0) is 9.59 Å². The van der Waals surface area contributed by atoms with Gasteiger partial charge in [0.25, 0.3) is 0 Å². The van der Waals surface area contributed by atoms with Crippen LogP contribution < -0.4 is 10.2 Å². The molecule has 21 heavy (non-hydrogen) atoms. The van der Waals surface area contributed by atoms with E-state index in [0.717, 1.165) is 18.5 Å². The average molecular weight is 288 g/mol. The van der Waals surface area contributed by atoms with Crippen LogP contribution in [-0.4, -0.2) is 24.9 Å². The molecule has 0 radical (unpaired) electrons. The van der Waals surface area contributed by atoms with E-state index < -0.39 is 0 Å². The Bertz CT molecular complexity index is 496. The Morgan fingerprint density at radius 2 is 2.05 bits per heavy atom. The van der Waals surface area contributed by atoms with E-state index >= 15 is 0 Å². The van der Waals surface area contributed by atoms with Crippen LogP contribution in [0.3, 0.4) is 0 Å². The summed E-state index contributed by atoms with van der Waals surface area (Å²) in [6, 6.07) is 8.00. The van der Waals surface area contributed by atoms with E-state index in [1.54, 1.807) is 0 Å². The van der Waals surface area contributed by atoms with Gasteiger partial charge < -0.3 is 10.2 Å². The van der Waals surface area contributed by atoms with Crippen LogP contribution in [0, 0.1) is 12.8 Å². The number of nitrogens with one attached hydrogen (secondary N) is 1. The summed E-state index contributed by atoms with van der Waals surface area (Å²) < 4.78 is 0. The summed E-state index contributed by atoms with van der Waals surface area (Å²) in [5.74, 6) is 0.453. The lowest BCUT2D eigenvalue weighted by Crippen LogP contribution is -2.31. The zero-order chi connectivity index (χ0) is 15.2. The lowest BCUT2D eigenvalue weighted by molar-refractivity contribution is -0.121. The Morgan fingerprint density at radius 1 is 1.33 bits per heavy atom. The minimum atomic E-state index is 0.0954. The number of carbonyl (C=O) groups excluding carboxylic acids is 2. The van der Waals surface area contributed by atoms with Gasteiger partial charge in [-0.3, -0.25) is 9.59 Å². The van der Waals surface area contributed by atoms with E-state index in [-0.39, 0.29) is 17.7 Å². The smallest absolute Gasteiger partial charge is 0.227 e. The fourth-order valence-electron chi connectivity index (χ4n) is 2.58. The number of rotatable bonds is 6. The fourth-order valence-corrected chi connectivity index (χ4v) is 2.58. The molecule has 0 bridgehead atoms. The van der Waals surface area contributed by atoms with Gasteiger partial charge in [0.05, 0.1) is 0 Å². The molecular weight excluding hydrogens is 264 g/mol. The maximum absolute atomic E-state index is 12.1. The van der Waals surface area contributed by atoms with Crippen molar-refractivity contribution in [2.45, 2.75) is 39.5 Å². The van der Waals surface area contributed by atoms with Crippen LogP contribution in [0.25, 0.3) is 0 Å². The highest BCUT2D eigenvalue weighted by molar-refractivity contribution is 5.95. The summed E-state index contributed by atoms with van der Waals surface area (Å²) in [5, 5.41) is 2.94. The molecule has 1 atom stereocenters. The van der Waals surface area contributed by atoms with Crippen LogP contribution in [0.2, 0.25) is 0 Å².